The lowest BCUT2D eigenvalue weighted by molar-refractivity contribution is 0.150. The highest BCUT2D eigenvalue weighted by Crippen LogP contribution is 2.23. The van der Waals surface area contributed by atoms with Gasteiger partial charge in [-0.15, -0.1) is 0 Å². The smallest absolute Gasteiger partial charge is 0.429 e. The molecule has 0 aromatic carbocycles. The third-order valence-corrected chi connectivity index (χ3v) is 1.34. The Morgan fingerprint density at radius 3 is 2.88 bits per heavy atom. The summed E-state index contributed by atoms with van der Waals surface area (Å²) in [5.74, 6) is 0. The number of amides is 1. The fourth-order valence-electron chi connectivity index (χ4n) is 0.0679. The molecule has 1 amide bonds. The SMILES string of the molecule is O=C(O)NOSSS. The molecule has 0 spiro atoms. The zero-order chi connectivity index (χ0) is 6.41. The van der Waals surface area contributed by atoms with Crippen LogP contribution >= 0.6 is 32.6 Å². The molecule has 0 aromatic rings. The summed E-state index contributed by atoms with van der Waals surface area (Å²) in [5.41, 5.74) is 1.66. The molecule has 0 heterocycles. The number of hydroxylamine groups is 1. The monoisotopic (exact) mass is 173 g/mol. The van der Waals surface area contributed by atoms with Gasteiger partial charge < -0.3 is 5.11 Å². The second-order valence-corrected chi connectivity index (χ2v) is 3.28. The lowest BCUT2D eigenvalue weighted by atomic mass is 11.3. The molecule has 0 aliphatic rings. The van der Waals surface area contributed by atoms with E-state index in [1.54, 1.807) is 5.48 Å². The van der Waals surface area contributed by atoms with Gasteiger partial charge in [0.1, 0.15) is 11.1 Å². The van der Waals surface area contributed by atoms with Gasteiger partial charge in [0, 0.05) is 9.83 Å². The van der Waals surface area contributed by atoms with E-state index >= 15 is 0 Å². The van der Waals surface area contributed by atoms with E-state index < -0.39 is 6.09 Å². The lowest BCUT2D eigenvalue weighted by Gasteiger charge is -1.93. The second kappa shape index (κ2) is 5.42. The van der Waals surface area contributed by atoms with Crippen LogP contribution in [0.2, 0.25) is 0 Å². The van der Waals surface area contributed by atoms with Gasteiger partial charge in [-0.2, -0.15) is 9.76 Å². The number of carbonyl (C=O) groups is 1. The summed E-state index contributed by atoms with van der Waals surface area (Å²) < 4.78 is 4.20. The first-order valence-corrected chi connectivity index (χ1v) is 4.53. The molecule has 0 aliphatic carbocycles. The number of hydrogen-bond donors (Lipinski definition) is 3. The van der Waals surface area contributed by atoms with Crippen molar-refractivity contribution in [2.75, 3.05) is 0 Å². The maximum Gasteiger partial charge on any atom is 0.429 e. The van der Waals surface area contributed by atoms with Crippen LogP contribution in [-0.4, -0.2) is 11.2 Å². The Morgan fingerprint density at radius 1 is 1.88 bits per heavy atom. The van der Waals surface area contributed by atoms with Crippen molar-refractivity contribution in [2.45, 2.75) is 0 Å². The van der Waals surface area contributed by atoms with Crippen molar-refractivity contribution in [1.29, 1.82) is 0 Å². The molecular weight excluding hydrogens is 170 g/mol. The Hall–Kier alpha value is 0.280. The third-order valence-electron chi connectivity index (χ3n) is 0.193. The largest absolute Gasteiger partial charge is 0.464 e. The van der Waals surface area contributed by atoms with E-state index in [0.29, 0.717) is 0 Å². The maximum atomic E-state index is 9.59. The molecule has 48 valence electrons. The zero-order valence-corrected chi connectivity index (χ0v) is 6.05. The molecule has 0 aromatic heterocycles. The summed E-state index contributed by atoms with van der Waals surface area (Å²) in [6, 6.07) is 0. The first-order valence-electron chi connectivity index (χ1n) is 1.40. The van der Waals surface area contributed by atoms with Gasteiger partial charge in [-0.25, -0.2) is 4.79 Å². The van der Waals surface area contributed by atoms with E-state index in [9.17, 15) is 4.79 Å². The second-order valence-electron chi connectivity index (χ2n) is 0.633. The van der Waals surface area contributed by atoms with Crippen LogP contribution in [0.1, 0.15) is 0 Å². The number of carboxylic acid groups (broad SMARTS) is 1. The quantitative estimate of drug-likeness (QED) is 0.197. The molecule has 0 saturated carbocycles. The van der Waals surface area contributed by atoms with Crippen LogP contribution in [0.3, 0.4) is 0 Å². The van der Waals surface area contributed by atoms with E-state index in [4.69, 9.17) is 5.11 Å². The van der Waals surface area contributed by atoms with Crippen molar-refractivity contribution in [3.63, 3.8) is 0 Å². The van der Waals surface area contributed by atoms with Gasteiger partial charge in [0.2, 0.25) is 0 Å². The number of hydrogen-bond acceptors (Lipinski definition) is 5. The molecule has 0 aliphatic heterocycles. The summed E-state index contributed by atoms with van der Waals surface area (Å²) in [7, 11) is 1.01. The van der Waals surface area contributed by atoms with E-state index in [2.05, 4.69) is 15.9 Å². The summed E-state index contributed by atoms with van der Waals surface area (Å²) in [5, 5.41) is 7.86. The highest BCUT2D eigenvalue weighted by Gasteiger charge is 1.91. The van der Waals surface area contributed by atoms with Crippen LogP contribution in [0.4, 0.5) is 4.79 Å². The van der Waals surface area contributed by atoms with Gasteiger partial charge in [0.15, 0.2) is 0 Å². The van der Waals surface area contributed by atoms with E-state index in [1.807, 2.05) is 0 Å². The molecular formula is CH3NO3S3. The highest BCUT2D eigenvalue weighted by molar-refractivity contribution is 9.04. The van der Waals surface area contributed by atoms with Crippen LogP contribution in [0.15, 0.2) is 0 Å². The third kappa shape index (κ3) is 6.28. The predicted octanol–water partition coefficient (Wildman–Crippen LogP) is 1.33. The molecule has 0 atom stereocenters. The van der Waals surface area contributed by atoms with Crippen molar-refractivity contribution < 1.29 is 14.2 Å². The highest BCUT2D eigenvalue weighted by atomic mass is 33.5. The van der Waals surface area contributed by atoms with Crippen LogP contribution in [-0.2, 0) is 4.28 Å². The molecule has 0 rings (SSSR count). The van der Waals surface area contributed by atoms with Crippen molar-refractivity contribution in [1.82, 2.24) is 5.48 Å². The van der Waals surface area contributed by atoms with Crippen molar-refractivity contribution in [2.24, 2.45) is 0 Å². The van der Waals surface area contributed by atoms with Gasteiger partial charge in [0.25, 0.3) is 0 Å². The molecule has 0 bridgehead atoms. The van der Waals surface area contributed by atoms with E-state index in [1.165, 1.54) is 0 Å². The maximum absolute atomic E-state index is 9.59. The first-order chi connectivity index (χ1) is 3.77. The topological polar surface area (TPSA) is 58.6 Å². The fourth-order valence-corrected chi connectivity index (χ4v) is 0.671. The number of thiol groups is 1. The molecule has 8 heavy (non-hydrogen) atoms. The van der Waals surface area contributed by atoms with Crippen molar-refractivity contribution in [3.8, 4) is 0 Å². The summed E-state index contributed by atoms with van der Waals surface area (Å²) in [6.07, 6.45) is -1.22. The minimum absolute atomic E-state index is 0.825. The average molecular weight is 173 g/mol. The van der Waals surface area contributed by atoms with Crippen molar-refractivity contribution in [3.05, 3.63) is 0 Å². The number of nitrogens with one attached hydrogen (secondary N) is 1. The Morgan fingerprint density at radius 2 is 2.50 bits per heavy atom. The normalized spacial score (nSPS) is 8.62. The summed E-state index contributed by atoms with van der Waals surface area (Å²) in [4.78, 5) is 9.59. The van der Waals surface area contributed by atoms with Gasteiger partial charge in [-0.1, -0.05) is 11.7 Å². The van der Waals surface area contributed by atoms with Gasteiger partial charge in [-0.05, 0) is 0 Å². The molecule has 0 fully saturated rings. The molecule has 0 unspecified atom stereocenters. The summed E-state index contributed by atoms with van der Waals surface area (Å²) >= 11 is 4.47. The van der Waals surface area contributed by atoms with Crippen LogP contribution in [0.5, 0.6) is 0 Å². The molecule has 2 N–H and O–H groups in total. The van der Waals surface area contributed by atoms with Gasteiger partial charge in [-0.3, -0.25) is 0 Å². The molecule has 0 radical (unpaired) electrons. The zero-order valence-electron chi connectivity index (χ0n) is 3.53. The predicted molar refractivity (Wildman–Crippen MR) is 36.4 cm³/mol. The van der Waals surface area contributed by atoms with Crippen LogP contribution < -0.4 is 5.48 Å². The molecule has 4 nitrogen and oxygen atoms in total. The first kappa shape index (κ1) is 8.28. The fraction of sp³-hybridized carbons (Fsp3) is 0. The average Bonchev–Trinajstić information content (AvgIpc) is 1.66. The van der Waals surface area contributed by atoms with Crippen LogP contribution in [0, 0.1) is 0 Å². The minimum Gasteiger partial charge on any atom is -0.464 e. The Bertz CT molecular complexity index is 76.9. The Kier molecular flexibility index (Phi) is 5.61. The van der Waals surface area contributed by atoms with Gasteiger partial charge in [0.05, 0.1) is 0 Å². The minimum atomic E-state index is -1.22. The molecule has 7 heteroatoms. The lowest BCUT2D eigenvalue weighted by Crippen LogP contribution is -2.16. The van der Waals surface area contributed by atoms with E-state index in [0.717, 1.165) is 20.9 Å². The Labute approximate surface area is 58.7 Å². The Balaban J connectivity index is 2.82. The molecule has 0 saturated heterocycles. The van der Waals surface area contributed by atoms with Crippen LogP contribution in [0.25, 0.3) is 0 Å². The van der Waals surface area contributed by atoms with Gasteiger partial charge >= 0.3 is 6.09 Å². The van der Waals surface area contributed by atoms with E-state index in [-0.39, 0.29) is 0 Å². The number of rotatable bonds is 3. The van der Waals surface area contributed by atoms with Crippen molar-refractivity contribution >= 4 is 38.7 Å². The summed E-state index contributed by atoms with van der Waals surface area (Å²) in [6.45, 7) is 0. The standard InChI is InChI=1S/CH3NO3S3/c3-1(4)2-5-7-8-6/h2,6H,(H,3,4).